The van der Waals surface area contributed by atoms with Gasteiger partial charge in [0.1, 0.15) is 19.0 Å². The lowest BCUT2D eigenvalue weighted by Crippen LogP contribution is -2.36. The zero-order valence-electron chi connectivity index (χ0n) is 11.5. The summed E-state index contributed by atoms with van der Waals surface area (Å²) in [6.45, 7) is -0.276. The second-order valence-corrected chi connectivity index (χ2v) is 7.82. The smallest absolute Gasteiger partial charge is 0.485 e. The Morgan fingerprint density at radius 1 is 1.39 bits per heavy atom. The van der Waals surface area contributed by atoms with Crippen LogP contribution in [0, 0.1) is 0 Å². The van der Waals surface area contributed by atoms with Crippen LogP contribution in [0.4, 0.5) is 13.2 Å². The molecule has 0 spiro atoms. The fourth-order valence-corrected chi connectivity index (χ4v) is 1.25. The minimum absolute atomic E-state index is 0.276. The normalized spacial score (nSPS) is 12.4. The van der Waals surface area contributed by atoms with Crippen LogP contribution in [0.1, 0.15) is 10.6 Å². The number of alkyl halides is 6. The predicted molar refractivity (Wildman–Crippen MR) is 72.9 cm³/mol. The average Bonchev–Trinajstić information content (AvgIpc) is 2.63. The molecule has 0 bridgehead atoms. The highest BCUT2D eigenvalue weighted by Gasteiger charge is 2.36. The zero-order chi connectivity index (χ0) is 18.6. The minimum atomic E-state index is -6.09. The van der Waals surface area contributed by atoms with Crippen molar-refractivity contribution in [2.24, 2.45) is 14.1 Å². The lowest BCUT2D eigenvalue weighted by molar-refractivity contribution is -0.673. The van der Waals surface area contributed by atoms with Gasteiger partial charge in [-0.05, 0) is 0 Å². The van der Waals surface area contributed by atoms with E-state index >= 15 is 0 Å². The first kappa shape index (κ1) is 22.2. The van der Waals surface area contributed by atoms with E-state index in [1.165, 1.54) is 0 Å². The van der Waals surface area contributed by atoms with Gasteiger partial charge in [-0.2, -0.15) is 13.2 Å². The maximum Gasteiger partial charge on any atom is 0.485 e. The summed E-state index contributed by atoms with van der Waals surface area (Å²) in [5.74, 6) is -0.152. The van der Waals surface area contributed by atoms with Crippen molar-refractivity contribution >= 4 is 50.9 Å². The SMILES string of the molecule is Cn1cc[n+](C)c1C(=O)OCC(Cl)(Cl)Cl.O=S(=O)([O-])C(F)(F)F. The van der Waals surface area contributed by atoms with Crippen LogP contribution in [0.15, 0.2) is 12.4 Å². The van der Waals surface area contributed by atoms with Gasteiger partial charge in [0.05, 0.1) is 14.1 Å². The maximum absolute atomic E-state index is 11.6. The van der Waals surface area contributed by atoms with Crippen molar-refractivity contribution < 1.29 is 40.2 Å². The molecule has 0 aromatic carbocycles. The van der Waals surface area contributed by atoms with Crippen LogP contribution in [0.5, 0.6) is 0 Å². The summed E-state index contributed by atoms with van der Waals surface area (Å²) in [6, 6.07) is 0. The third-order valence-electron chi connectivity index (χ3n) is 2.02. The summed E-state index contributed by atoms with van der Waals surface area (Å²) >= 11 is 16.4. The second kappa shape index (κ2) is 7.88. The highest BCUT2D eigenvalue weighted by atomic mass is 35.6. The van der Waals surface area contributed by atoms with Gasteiger partial charge in [0.25, 0.3) is 0 Å². The van der Waals surface area contributed by atoms with Crippen LogP contribution in [0.3, 0.4) is 0 Å². The van der Waals surface area contributed by atoms with Crippen molar-refractivity contribution in [2.75, 3.05) is 6.61 Å². The molecule has 0 aliphatic rings. The van der Waals surface area contributed by atoms with Gasteiger partial charge in [0.2, 0.25) is 3.79 Å². The van der Waals surface area contributed by atoms with Crippen LogP contribution >= 0.6 is 34.8 Å². The molecule has 0 N–H and O–H groups in total. The monoisotopic (exact) mass is 420 g/mol. The van der Waals surface area contributed by atoms with Crippen molar-refractivity contribution in [3.8, 4) is 0 Å². The third-order valence-corrected chi connectivity index (χ3v) is 2.91. The maximum atomic E-state index is 11.6. The van der Waals surface area contributed by atoms with Gasteiger partial charge in [-0.25, -0.2) is 22.3 Å². The Hall–Kier alpha value is -0.750. The zero-order valence-corrected chi connectivity index (χ0v) is 14.6. The predicted octanol–water partition coefficient (Wildman–Crippen LogP) is 1.43. The van der Waals surface area contributed by atoms with E-state index in [2.05, 4.69) is 0 Å². The molecular weight excluding hydrogens is 412 g/mol. The number of hydrogen-bond donors (Lipinski definition) is 0. The molecule has 0 radical (unpaired) electrons. The van der Waals surface area contributed by atoms with Crippen LogP contribution in [0.25, 0.3) is 0 Å². The number of rotatable bonds is 2. The van der Waals surface area contributed by atoms with Crippen LogP contribution in [-0.2, 0) is 29.0 Å². The first-order valence-corrected chi connectivity index (χ1v) is 7.87. The lowest BCUT2D eigenvalue weighted by Gasteiger charge is -2.09. The van der Waals surface area contributed by atoms with E-state index in [4.69, 9.17) is 52.5 Å². The number of ether oxygens (including phenoxy) is 1. The van der Waals surface area contributed by atoms with Crippen molar-refractivity contribution in [2.45, 2.75) is 9.30 Å². The molecule has 0 saturated heterocycles. The van der Waals surface area contributed by atoms with E-state index in [-0.39, 0.29) is 6.61 Å². The Bertz CT molecular complexity index is 635. The molecule has 0 unspecified atom stereocenters. The fraction of sp³-hybridized carbons (Fsp3) is 0.556. The van der Waals surface area contributed by atoms with E-state index in [1.54, 1.807) is 35.6 Å². The van der Waals surface area contributed by atoms with Gasteiger partial charge in [-0.1, -0.05) is 34.8 Å². The summed E-state index contributed by atoms with van der Waals surface area (Å²) in [7, 11) is -2.63. The molecular formula is C9H10Cl3F3N2O5S. The van der Waals surface area contributed by atoms with Gasteiger partial charge in [0, 0.05) is 0 Å². The van der Waals surface area contributed by atoms with Gasteiger partial charge in [0.15, 0.2) is 10.1 Å². The first-order valence-electron chi connectivity index (χ1n) is 5.33. The first-order chi connectivity index (χ1) is 10.1. The van der Waals surface area contributed by atoms with E-state index in [1.807, 2.05) is 0 Å². The topological polar surface area (TPSA) is 92.3 Å². The number of halogens is 6. The highest BCUT2D eigenvalue weighted by molar-refractivity contribution is 7.86. The number of aryl methyl sites for hydroxylation is 2. The molecule has 7 nitrogen and oxygen atoms in total. The van der Waals surface area contributed by atoms with Gasteiger partial charge in [-0.15, -0.1) is 0 Å². The summed E-state index contributed by atoms with van der Waals surface area (Å²) in [5, 5.41) is 0. The molecule has 0 amide bonds. The fourth-order valence-electron chi connectivity index (χ4n) is 1.09. The molecule has 0 aliphatic heterocycles. The molecule has 0 fully saturated rings. The van der Waals surface area contributed by atoms with Crippen molar-refractivity contribution in [1.29, 1.82) is 0 Å². The van der Waals surface area contributed by atoms with Crippen LogP contribution in [-0.4, -0.2) is 39.4 Å². The lowest BCUT2D eigenvalue weighted by atomic mass is 10.6. The average molecular weight is 422 g/mol. The molecule has 14 heteroatoms. The van der Waals surface area contributed by atoms with Crippen LogP contribution in [0.2, 0.25) is 0 Å². The van der Waals surface area contributed by atoms with Crippen LogP contribution < -0.4 is 4.57 Å². The van der Waals surface area contributed by atoms with Crippen molar-refractivity contribution in [1.82, 2.24) is 4.57 Å². The number of aromatic nitrogens is 2. The quantitative estimate of drug-likeness (QED) is 0.237. The molecule has 1 aromatic rings. The molecule has 0 saturated carbocycles. The Morgan fingerprint density at radius 2 is 1.83 bits per heavy atom. The largest absolute Gasteiger partial charge is 0.741 e. The van der Waals surface area contributed by atoms with E-state index < -0.39 is 25.4 Å². The number of hydrogen-bond acceptors (Lipinski definition) is 5. The van der Waals surface area contributed by atoms with Gasteiger partial charge < -0.3 is 9.29 Å². The number of esters is 1. The van der Waals surface area contributed by atoms with E-state index in [9.17, 15) is 18.0 Å². The number of carbonyl (C=O) groups is 1. The highest BCUT2D eigenvalue weighted by Crippen LogP contribution is 2.26. The molecule has 23 heavy (non-hydrogen) atoms. The molecule has 134 valence electrons. The van der Waals surface area contributed by atoms with E-state index in [0.29, 0.717) is 5.82 Å². The van der Waals surface area contributed by atoms with Gasteiger partial charge in [-0.3, -0.25) is 0 Å². The van der Waals surface area contributed by atoms with E-state index in [0.717, 1.165) is 0 Å². The number of nitrogens with zero attached hydrogens (tertiary/aromatic N) is 2. The molecule has 1 rings (SSSR count). The van der Waals surface area contributed by atoms with Crippen molar-refractivity contribution in [3.63, 3.8) is 0 Å². The summed E-state index contributed by atoms with van der Waals surface area (Å²) < 4.78 is 65.4. The summed E-state index contributed by atoms with van der Waals surface area (Å²) in [5.41, 5.74) is -5.65. The second-order valence-electron chi connectivity index (χ2n) is 3.93. The minimum Gasteiger partial charge on any atom is -0.741 e. The van der Waals surface area contributed by atoms with Crippen molar-refractivity contribution in [3.05, 3.63) is 18.2 Å². The molecule has 1 heterocycles. The molecule has 1 aromatic heterocycles. The Balaban J connectivity index is 0.000000515. The Morgan fingerprint density at radius 3 is 2.09 bits per heavy atom. The molecule has 0 atom stereocenters. The Labute approximate surface area is 144 Å². The molecule has 0 aliphatic carbocycles. The number of carbonyl (C=O) groups excluding carboxylic acids is 1. The number of imidazole rings is 1. The van der Waals surface area contributed by atoms with Gasteiger partial charge >= 0.3 is 17.3 Å². The Kier molecular flexibility index (Phi) is 7.62. The third kappa shape index (κ3) is 8.06. The summed E-state index contributed by atoms with van der Waals surface area (Å²) in [4.78, 5) is 11.6. The summed E-state index contributed by atoms with van der Waals surface area (Å²) in [6.07, 6.45) is 3.46. The standard InChI is InChI=1S/C8H10Cl3N2O2.CHF3O3S/c1-12-3-4-13(2)6(12)7(14)15-5-8(9,10)11;2-1(3,4)8(5,6)7/h3-4H,5H2,1-2H3;(H,5,6,7)/q+1;/p-1.